The standard InChI is InChI=1S/C29H32N2O4S2/c1-5-34-29(33)27-21(31(17(2)3)28(32)19-10-8-18(4)9-11-19)16-26(37-27)25-13-12-24(36-25)23-15-20-22(35-23)7-6-14-30-20/h6-7,12-19H,5,8-11H2,1-4H3/t18-,19-. The Morgan fingerprint density at radius 2 is 1.84 bits per heavy atom. The maximum atomic E-state index is 13.8. The molecule has 1 aliphatic rings. The molecule has 8 heteroatoms. The van der Waals surface area contributed by atoms with E-state index in [2.05, 4.69) is 11.9 Å². The van der Waals surface area contributed by atoms with Gasteiger partial charge in [-0.25, -0.2) is 4.79 Å². The minimum absolute atomic E-state index is 0.00738. The third kappa shape index (κ3) is 5.22. The highest BCUT2D eigenvalue weighted by Gasteiger charge is 2.34. The van der Waals surface area contributed by atoms with Crippen molar-refractivity contribution in [1.29, 1.82) is 0 Å². The van der Waals surface area contributed by atoms with E-state index in [4.69, 9.17) is 9.15 Å². The highest BCUT2D eigenvalue weighted by Crippen LogP contribution is 2.44. The number of furan rings is 1. The van der Waals surface area contributed by atoms with Gasteiger partial charge in [-0.3, -0.25) is 9.78 Å². The summed E-state index contributed by atoms with van der Waals surface area (Å²) >= 11 is 2.97. The van der Waals surface area contributed by atoms with Crippen molar-refractivity contribution in [2.75, 3.05) is 11.5 Å². The molecule has 0 atom stereocenters. The molecule has 0 aliphatic heterocycles. The van der Waals surface area contributed by atoms with Crippen molar-refractivity contribution in [2.45, 2.75) is 59.4 Å². The van der Waals surface area contributed by atoms with Crippen molar-refractivity contribution in [1.82, 2.24) is 4.98 Å². The number of aromatic nitrogens is 1. The minimum atomic E-state index is -0.385. The average Bonchev–Trinajstić information content (AvgIpc) is 3.62. The summed E-state index contributed by atoms with van der Waals surface area (Å²) in [5, 5.41) is 0. The van der Waals surface area contributed by atoms with Crippen LogP contribution in [0.2, 0.25) is 0 Å². The van der Waals surface area contributed by atoms with Crippen LogP contribution >= 0.6 is 22.7 Å². The van der Waals surface area contributed by atoms with E-state index in [0.717, 1.165) is 57.2 Å². The van der Waals surface area contributed by atoms with Gasteiger partial charge in [0.1, 0.15) is 16.2 Å². The number of fused-ring (bicyclic) bond motifs is 1. The number of hydrogen-bond acceptors (Lipinski definition) is 7. The SMILES string of the molecule is CCOC(=O)c1sc(-c2ccc(-c3cc4ncccc4o3)s2)cc1N(C(=O)[C@H]1CC[C@H](C)CC1)C(C)C. The molecule has 1 aliphatic carbocycles. The molecule has 5 rings (SSSR count). The Morgan fingerprint density at radius 3 is 2.54 bits per heavy atom. The number of nitrogens with zero attached hydrogens (tertiary/aromatic N) is 2. The fourth-order valence-corrected chi connectivity index (χ4v) is 7.06. The first-order chi connectivity index (χ1) is 17.9. The summed E-state index contributed by atoms with van der Waals surface area (Å²) in [6.45, 7) is 8.35. The van der Waals surface area contributed by atoms with Crippen LogP contribution in [0.4, 0.5) is 5.69 Å². The molecule has 0 N–H and O–H groups in total. The van der Waals surface area contributed by atoms with Crippen LogP contribution in [-0.2, 0) is 9.53 Å². The van der Waals surface area contributed by atoms with Gasteiger partial charge in [-0.05, 0) is 82.7 Å². The van der Waals surface area contributed by atoms with E-state index >= 15 is 0 Å². The van der Waals surface area contributed by atoms with Gasteiger partial charge in [0.15, 0.2) is 5.58 Å². The third-order valence-corrected chi connectivity index (χ3v) is 9.33. The maximum absolute atomic E-state index is 13.8. The molecule has 0 bridgehead atoms. The Kier molecular flexibility index (Phi) is 7.49. The molecule has 4 aromatic heterocycles. The Hall–Kier alpha value is -2.97. The first-order valence-corrected chi connectivity index (χ1v) is 14.6. The molecular weight excluding hydrogens is 504 g/mol. The number of pyridine rings is 1. The number of amides is 1. The summed E-state index contributed by atoms with van der Waals surface area (Å²) in [6.07, 6.45) is 5.68. The van der Waals surface area contributed by atoms with Crippen LogP contribution in [0.3, 0.4) is 0 Å². The molecule has 0 spiro atoms. The van der Waals surface area contributed by atoms with Gasteiger partial charge in [0.2, 0.25) is 5.91 Å². The van der Waals surface area contributed by atoms with Crippen LogP contribution in [-0.4, -0.2) is 29.5 Å². The van der Waals surface area contributed by atoms with Gasteiger partial charge < -0.3 is 14.1 Å². The van der Waals surface area contributed by atoms with Crippen molar-refractivity contribution >= 4 is 51.3 Å². The van der Waals surface area contributed by atoms with Crippen molar-refractivity contribution in [3.05, 3.63) is 47.5 Å². The average molecular weight is 537 g/mol. The third-order valence-electron chi connectivity index (χ3n) is 6.93. The molecule has 1 amide bonds. The first-order valence-electron chi connectivity index (χ1n) is 12.9. The van der Waals surface area contributed by atoms with E-state index < -0.39 is 0 Å². The summed E-state index contributed by atoms with van der Waals surface area (Å²) in [6, 6.07) is 11.7. The number of hydrogen-bond donors (Lipinski definition) is 0. The molecule has 1 fully saturated rings. The smallest absolute Gasteiger partial charge is 0.350 e. The number of rotatable bonds is 7. The zero-order valence-electron chi connectivity index (χ0n) is 21.7. The highest BCUT2D eigenvalue weighted by atomic mass is 32.1. The van der Waals surface area contributed by atoms with Crippen molar-refractivity contribution in [3.63, 3.8) is 0 Å². The van der Waals surface area contributed by atoms with E-state index in [9.17, 15) is 9.59 Å². The monoisotopic (exact) mass is 536 g/mol. The van der Waals surface area contributed by atoms with Gasteiger partial charge in [0.05, 0.1) is 17.2 Å². The second-order valence-electron chi connectivity index (χ2n) is 9.97. The number of carbonyl (C=O) groups is 2. The van der Waals surface area contributed by atoms with E-state index in [-0.39, 0.29) is 30.4 Å². The zero-order valence-corrected chi connectivity index (χ0v) is 23.3. The number of ether oxygens (including phenoxy) is 1. The van der Waals surface area contributed by atoms with Gasteiger partial charge in [0.25, 0.3) is 0 Å². The van der Waals surface area contributed by atoms with Gasteiger partial charge >= 0.3 is 5.97 Å². The molecular formula is C29H32N2O4S2. The summed E-state index contributed by atoms with van der Waals surface area (Å²) in [4.78, 5) is 36.4. The summed E-state index contributed by atoms with van der Waals surface area (Å²) in [7, 11) is 0. The summed E-state index contributed by atoms with van der Waals surface area (Å²) < 4.78 is 11.4. The lowest BCUT2D eigenvalue weighted by Crippen LogP contribution is -2.42. The molecule has 0 unspecified atom stereocenters. The summed E-state index contributed by atoms with van der Waals surface area (Å²) in [5.74, 6) is 1.14. The van der Waals surface area contributed by atoms with E-state index in [1.807, 2.05) is 55.1 Å². The van der Waals surface area contributed by atoms with Crippen LogP contribution in [0.15, 0.2) is 47.0 Å². The topological polar surface area (TPSA) is 72.6 Å². The van der Waals surface area contributed by atoms with Gasteiger partial charge in [0, 0.05) is 34.0 Å². The molecule has 37 heavy (non-hydrogen) atoms. The van der Waals surface area contributed by atoms with Crippen LogP contribution in [0, 0.1) is 11.8 Å². The number of anilines is 1. The highest BCUT2D eigenvalue weighted by molar-refractivity contribution is 7.24. The Balaban J connectivity index is 1.51. The zero-order chi connectivity index (χ0) is 26.1. The number of carbonyl (C=O) groups excluding carboxylic acids is 2. The molecule has 4 aromatic rings. The lowest BCUT2D eigenvalue weighted by molar-refractivity contribution is -0.123. The Morgan fingerprint density at radius 1 is 1.08 bits per heavy atom. The van der Waals surface area contributed by atoms with E-state index in [1.165, 1.54) is 11.3 Å². The number of esters is 1. The molecule has 4 heterocycles. The molecule has 0 radical (unpaired) electrons. The van der Waals surface area contributed by atoms with Gasteiger partial charge in [-0.15, -0.1) is 22.7 Å². The summed E-state index contributed by atoms with van der Waals surface area (Å²) in [5.41, 5.74) is 2.22. The van der Waals surface area contributed by atoms with Crippen LogP contribution < -0.4 is 4.90 Å². The molecule has 0 aromatic carbocycles. The Bertz CT molecular complexity index is 1380. The predicted octanol–water partition coefficient (Wildman–Crippen LogP) is 8.03. The molecule has 194 valence electrons. The quantitative estimate of drug-likeness (QED) is 0.224. The van der Waals surface area contributed by atoms with Crippen molar-refractivity contribution in [3.8, 4) is 20.4 Å². The normalized spacial score (nSPS) is 17.9. The van der Waals surface area contributed by atoms with Crippen LogP contribution in [0.5, 0.6) is 0 Å². The lowest BCUT2D eigenvalue weighted by Gasteiger charge is -2.33. The Labute approximate surface area is 225 Å². The van der Waals surface area contributed by atoms with Crippen molar-refractivity contribution < 1.29 is 18.7 Å². The maximum Gasteiger partial charge on any atom is 0.350 e. The fraction of sp³-hybridized carbons (Fsp3) is 0.414. The van der Waals surface area contributed by atoms with E-state index in [1.54, 1.807) is 24.5 Å². The second-order valence-corrected chi connectivity index (χ2v) is 12.1. The minimum Gasteiger partial charge on any atom is -0.462 e. The lowest BCUT2D eigenvalue weighted by atomic mass is 9.82. The molecule has 6 nitrogen and oxygen atoms in total. The van der Waals surface area contributed by atoms with Gasteiger partial charge in [-0.2, -0.15) is 0 Å². The number of thiophene rings is 2. The van der Waals surface area contributed by atoms with Gasteiger partial charge in [-0.1, -0.05) is 6.92 Å². The second kappa shape index (κ2) is 10.8. The van der Waals surface area contributed by atoms with E-state index in [0.29, 0.717) is 16.5 Å². The molecule has 0 saturated heterocycles. The van der Waals surface area contributed by atoms with Crippen molar-refractivity contribution in [2.24, 2.45) is 11.8 Å². The fourth-order valence-electron chi connectivity index (χ4n) is 4.97. The van der Waals surface area contributed by atoms with Crippen LogP contribution in [0.1, 0.15) is 63.0 Å². The molecule has 1 saturated carbocycles. The predicted molar refractivity (Wildman–Crippen MR) is 150 cm³/mol. The largest absolute Gasteiger partial charge is 0.462 e. The van der Waals surface area contributed by atoms with Crippen LogP contribution in [0.25, 0.3) is 31.5 Å². The first kappa shape index (κ1) is 25.7.